The molecule has 0 amide bonds. The van der Waals surface area contributed by atoms with Gasteiger partial charge in [0.05, 0.1) is 4.47 Å². The second-order valence-electron chi connectivity index (χ2n) is 4.77. The van der Waals surface area contributed by atoms with Gasteiger partial charge in [0.2, 0.25) is 0 Å². The molecule has 0 saturated carbocycles. The SMILES string of the molecule is CCCCCNCC(C)Oc1ccc(C)cc1Br. The van der Waals surface area contributed by atoms with Gasteiger partial charge in [0, 0.05) is 6.54 Å². The summed E-state index contributed by atoms with van der Waals surface area (Å²) in [6.07, 6.45) is 4.00. The molecule has 1 unspecified atom stereocenters. The molecule has 0 radical (unpaired) electrons. The Labute approximate surface area is 119 Å². The van der Waals surface area contributed by atoms with Crippen LogP contribution in [0.15, 0.2) is 22.7 Å². The van der Waals surface area contributed by atoms with Gasteiger partial charge >= 0.3 is 0 Å². The number of halogens is 1. The van der Waals surface area contributed by atoms with Gasteiger partial charge in [-0.05, 0) is 60.4 Å². The van der Waals surface area contributed by atoms with Gasteiger partial charge in [0.15, 0.2) is 0 Å². The predicted octanol–water partition coefficient (Wildman–Crippen LogP) is 4.30. The molecule has 2 nitrogen and oxygen atoms in total. The standard InChI is InChI=1S/C15H24BrNO/c1-4-5-6-9-17-11-13(3)18-15-8-7-12(2)10-14(15)16/h7-8,10,13,17H,4-6,9,11H2,1-3H3. The molecular formula is C15H24BrNO. The lowest BCUT2D eigenvalue weighted by atomic mass is 10.2. The maximum Gasteiger partial charge on any atom is 0.133 e. The first-order valence-corrected chi connectivity index (χ1v) is 7.56. The molecule has 0 saturated heterocycles. The van der Waals surface area contributed by atoms with Crippen LogP contribution in [0.5, 0.6) is 5.75 Å². The highest BCUT2D eigenvalue weighted by Crippen LogP contribution is 2.26. The van der Waals surface area contributed by atoms with E-state index in [9.17, 15) is 0 Å². The summed E-state index contributed by atoms with van der Waals surface area (Å²) >= 11 is 3.53. The van der Waals surface area contributed by atoms with Gasteiger partial charge in [-0.15, -0.1) is 0 Å². The summed E-state index contributed by atoms with van der Waals surface area (Å²) in [6.45, 7) is 8.37. The number of rotatable bonds is 8. The summed E-state index contributed by atoms with van der Waals surface area (Å²) in [7, 11) is 0. The van der Waals surface area contributed by atoms with E-state index in [1.54, 1.807) is 0 Å². The Hall–Kier alpha value is -0.540. The molecule has 1 rings (SSSR count). The van der Waals surface area contributed by atoms with E-state index in [-0.39, 0.29) is 6.10 Å². The van der Waals surface area contributed by atoms with E-state index >= 15 is 0 Å². The third-order valence-electron chi connectivity index (χ3n) is 2.80. The minimum atomic E-state index is 0.186. The molecule has 0 fully saturated rings. The molecule has 0 bridgehead atoms. The Morgan fingerprint density at radius 2 is 2.11 bits per heavy atom. The van der Waals surface area contributed by atoms with E-state index in [0.29, 0.717) is 0 Å². The lowest BCUT2D eigenvalue weighted by Crippen LogP contribution is -2.29. The lowest BCUT2D eigenvalue weighted by molar-refractivity contribution is 0.215. The van der Waals surface area contributed by atoms with Crippen LogP contribution in [0.1, 0.15) is 38.7 Å². The molecule has 1 aromatic rings. The fourth-order valence-corrected chi connectivity index (χ4v) is 2.35. The second-order valence-corrected chi connectivity index (χ2v) is 5.63. The fraction of sp³-hybridized carbons (Fsp3) is 0.600. The van der Waals surface area contributed by atoms with Crippen molar-refractivity contribution in [2.75, 3.05) is 13.1 Å². The van der Waals surface area contributed by atoms with E-state index < -0.39 is 0 Å². The van der Waals surface area contributed by atoms with Crippen molar-refractivity contribution in [1.82, 2.24) is 5.32 Å². The third-order valence-corrected chi connectivity index (χ3v) is 3.42. The van der Waals surface area contributed by atoms with Crippen molar-refractivity contribution in [3.63, 3.8) is 0 Å². The number of aryl methyl sites for hydroxylation is 1. The van der Waals surface area contributed by atoms with Gasteiger partial charge in [-0.25, -0.2) is 0 Å². The molecule has 0 heterocycles. The lowest BCUT2D eigenvalue weighted by Gasteiger charge is -2.16. The first-order chi connectivity index (χ1) is 8.63. The molecule has 0 spiro atoms. The molecule has 18 heavy (non-hydrogen) atoms. The zero-order valence-electron chi connectivity index (χ0n) is 11.6. The van der Waals surface area contributed by atoms with Crippen LogP contribution in [0.2, 0.25) is 0 Å². The van der Waals surface area contributed by atoms with Gasteiger partial charge in [0.25, 0.3) is 0 Å². The zero-order valence-corrected chi connectivity index (χ0v) is 13.2. The van der Waals surface area contributed by atoms with Crippen LogP contribution in [0.25, 0.3) is 0 Å². The quantitative estimate of drug-likeness (QED) is 0.722. The first kappa shape index (κ1) is 15.5. The van der Waals surface area contributed by atoms with Crippen molar-refractivity contribution in [1.29, 1.82) is 0 Å². The van der Waals surface area contributed by atoms with Crippen molar-refractivity contribution in [2.24, 2.45) is 0 Å². The van der Waals surface area contributed by atoms with Crippen molar-refractivity contribution in [3.05, 3.63) is 28.2 Å². The number of nitrogens with one attached hydrogen (secondary N) is 1. The van der Waals surface area contributed by atoms with Crippen LogP contribution < -0.4 is 10.1 Å². The van der Waals surface area contributed by atoms with Gasteiger partial charge in [-0.3, -0.25) is 0 Å². The van der Waals surface area contributed by atoms with Crippen LogP contribution in [-0.4, -0.2) is 19.2 Å². The van der Waals surface area contributed by atoms with Crippen LogP contribution in [0, 0.1) is 6.92 Å². The van der Waals surface area contributed by atoms with Crippen LogP contribution in [0.3, 0.4) is 0 Å². The highest BCUT2D eigenvalue weighted by atomic mass is 79.9. The number of ether oxygens (including phenoxy) is 1. The van der Waals surface area contributed by atoms with E-state index in [2.05, 4.69) is 54.2 Å². The van der Waals surface area contributed by atoms with E-state index in [1.165, 1.54) is 24.8 Å². The average Bonchev–Trinajstić information content (AvgIpc) is 2.32. The molecule has 0 aliphatic carbocycles. The van der Waals surface area contributed by atoms with Crippen molar-refractivity contribution < 1.29 is 4.74 Å². The van der Waals surface area contributed by atoms with E-state index in [0.717, 1.165) is 23.3 Å². The normalized spacial score (nSPS) is 12.4. The summed E-state index contributed by atoms with van der Waals surface area (Å²) in [5.41, 5.74) is 1.24. The van der Waals surface area contributed by atoms with Crippen LogP contribution >= 0.6 is 15.9 Å². The third kappa shape index (κ3) is 5.87. The fourth-order valence-electron chi connectivity index (χ4n) is 1.77. The molecule has 1 aromatic carbocycles. The summed E-state index contributed by atoms with van der Waals surface area (Å²) in [6, 6.07) is 6.17. The van der Waals surface area contributed by atoms with Gasteiger partial charge in [-0.2, -0.15) is 0 Å². The Kier molecular flexibility index (Phi) is 7.36. The molecule has 0 aromatic heterocycles. The van der Waals surface area contributed by atoms with Crippen LogP contribution in [0.4, 0.5) is 0 Å². The van der Waals surface area contributed by atoms with Crippen molar-refractivity contribution >= 4 is 15.9 Å². The van der Waals surface area contributed by atoms with Crippen molar-refractivity contribution in [3.8, 4) is 5.75 Å². The van der Waals surface area contributed by atoms with Gasteiger partial charge in [-0.1, -0.05) is 25.8 Å². The minimum Gasteiger partial charge on any atom is -0.488 e. The summed E-state index contributed by atoms with van der Waals surface area (Å²) in [4.78, 5) is 0. The van der Waals surface area contributed by atoms with E-state index in [4.69, 9.17) is 4.74 Å². The van der Waals surface area contributed by atoms with Gasteiger partial charge < -0.3 is 10.1 Å². The Morgan fingerprint density at radius 1 is 1.33 bits per heavy atom. The molecule has 0 aliphatic heterocycles. The highest BCUT2D eigenvalue weighted by Gasteiger charge is 2.06. The summed E-state index contributed by atoms with van der Waals surface area (Å²) in [5.74, 6) is 0.920. The maximum absolute atomic E-state index is 5.90. The van der Waals surface area contributed by atoms with Crippen molar-refractivity contribution in [2.45, 2.75) is 46.1 Å². The Morgan fingerprint density at radius 3 is 2.78 bits per heavy atom. The Bertz CT molecular complexity index is 354. The zero-order chi connectivity index (χ0) is 13.4. The average molecular weight is 314 g/mol. The van der Waals surface area contributed by atoms with Gasteiger partial charge in [0.1, 0.15) is 11.9 Å². The predicted molar refractivity (Wildman–Crippen MR) is 81.4 cm³/mol. The Balaban J connectivity index is 2.28. The van der Waals surface area contributed by atoms with E-state index in [1.807, 2.05) is 6.07 Å². The number of hydrogen-bond acceptors (Lipinski definition) is 2. The minimum absolute atomic E-state index is 0.186. The molecule has 1 N–H and O–H groups in total. The van der Waals surface area contributed by atoms with Crippen LogP contribution in [-0.2, 0) is 0 Å². The highest BCUT2D eigenvalue weighted by molar-refractivity contribution is 9.10. The summed E-state index contributed by atoms with van der Waals surface area (Å²) < 4.78 is 6.93. The molecule has 1 atom stereocenters. The smallest absolute Gasteiger partial charge is 0.133 e. The molecule has 102 valence electrons. The molecular weight excluding hydrogens is 290 g/mol. The maximum atomic E-state index is 5.90. The molecule has 0 aliphatic rings. The first-order valence-electron chi connectivity index (χ1n) is 6.77. The molecule has 3 heteroatoms. The number of benzene rings is 1. The summed E-state index contributed by atoms with van der Waals surface area (Å²) in [5, 5.41) is 3.43. The topological polar surface area (TPSA) is 21.3 Å². The number of unbranched alkanes of at least 4 members (excludes halogenated alkanes) is 2. The largest absolute Gasteiger partial charge is 0.488 e. The number of hydrogen-bond donors (Lipinski definition) is 1. The second kappa shape index (κ2) is 8.54. The monoisotopic (exact) mass is 313 g/mol.